The van der Waals surface area contributed by atoms with Gasteiger partial charge in [0.2, 0.25) is 0 Å². The normalized spacial score (nSPS) is 11.0. The van der Waals surface area contributed by atoms with Crippen LogP contribution in [0, 0.1) is 0 Å². The standard InChI is InChI=1S/C46H41NO6/c1-34(48)51-31-9-10-32-52-46(49)53-44-29-23-39(24-30-44)45(38-21-27-43(50-2)28-22-38)33-35-15-17-36(18-16-35)37-19-25-42(26-20-37)47(40-11-5-3-6-12-40)41-13-7-4-8-14-41/h3-8,11-30,33H,9-10,31-32H2,1-2H3. The zero-order valence-electron chi connectivity index (χ0n) is 29.8. The van der Waals surface area contributed by atoms with Crippen molar-refractivity contribution in [2.45, 2.75) is 19.8 Å². The minimum Gasteiger partial charge on any atom is -0.497 e. The molecule has 0 spiro atoms. The Morgan fingerprint density at radius 2 is 1.02 bits per heavy atom. The van der Waals surface area contributed by atoms with Gasteiger partial charge in [-0.15, -0.1) is 0 Å². The molecule has 0 saturated carbocycles. The van der Waals surface area contributed by atoms with Crippen LogP contribution < -0.4 is 14.4 Å². The summed E-state index contributed by atoms with van der Waals surface area (Å²) in [5, 5.41) is 0. The van der Waals surface area contributed by atoms with Crippen molar-refractivity contribution >= 4 is 40.8 Å². The topological polar surface area (TPSA) is 74.3 Å². The number of para-hydroxylation sites is 2. The summed E-state index contributed by atoms with van der Waals surface area (Å²) in [4.78, 5) is 25.4. The number of unbranched alkanes of at least 4 members (excludes halogenated alkanes) is 1. The first-order chi connectivity index (χ1) is 26.0. The molecule has 0 bridgehead atoms. The highest BCUT2D eigenvalue weighted by molar-refractivity contribution is 5.92. The number of ether oxygens (including phenoxy) is 4. The molecule has 7 heteroatoms. The minimum atomic E-state index is -0.782. The Bertz CT molecular complexity index is 2050. The van der Waals surface area contributed by atoms with Crippen LogP contribution in [-0.4, -0.2) is 32.4 Å². The Labute approximate surface area is 310 Å². The number of hydrogen-bond donors (Lipinski definition) is 0. The third-order valence-corrected chi connectivity index (χ3v) is 8.54. The molecule has 0 saturated heterocycles. The molecule has 7 nitrogen and oxygen atoms in total. The van der Waals surface area contributed by atoms with E-state index in [4.69, 9.17) is 18.9 Å². The molecule has 266 valence electrons. The van der Waals surface area contributed by atoms with Crippen molar-refractivity contribution in [3.8, 4) is 22.6 Å². The molecule has 0 atom stereocenters. The first-order valence-corrected chi connectivity index (χ1v) is 17.5. The van der Waals surface area contributed by atoms with Gasteiger partial charge in [0.15, 0.2) is 0 Å². The smallest absolute Gasteiger partial charge is 0.497 e. The second-order valence-corrected chi connectivity index (χ2v) is 12.2. The van der Waals surface area contributed by atoms with Crippen LogP contribution in [0.15, 0.2) is 158 Å². The molecule has 6 rings (SSSR count). The van der Waals surface area contributed by atoms with Crippen LogP contribution >= 0.6 is 0 Å². The van der Waals surface area contributed by atoms with Crippen LogP contribution in [-0.2, 0) is 14.3 Å². The first-order valence-electron chi connectivity index (χ1n) is 17.5. The summed E-state index contributed by atoms with van der Waals surface area (Å²) < 4.78 is 20.8. The molecule has 53 heavy (non-hydrogen) atoms. The van der Waals surface area contributed by atoms with Crippen LogP contribution in [0.1, 0.15) is 36.5 Å². The Hall–Kier alpha value is -6.60. The van der Waals surface area contributed by atoms with Crippen LogP contribution in [0.25, 0.3) is 22.8 Å². The zero-order valence-corrected chi connectivity index (χ0v) is 29.8. The van der Waals surface area contributed by atoms with Gasteiger partial charge in [-0.1, -0.05) is 97.1 Å². The van der Waals surface area contributed by atoms with E-state index in [-0.39, 0.29) is 12.6 Å². The Kier molecular flexibility index (Phi) is 12.3. The lowest BCUT2D eigenvalue weighted by Crippen LogP contribution is -2.12. The van der Waals surface area contributed by atoms with Crippen molar-refractivity contribution < 1.29 is 28.5 Å². The van der Waals surface area contributed by atoms with Crippen molar-refractivity contribution in [2.75, 3.05) is 25.2 Å². The fourth-order valence-electron chi connectivity index (χ4n) is 5.85. The second kappa shape index (κ2) is 18.1. The van der Waals surface area contributed by atoms with E-state index in [1.807, 2.05) is 48.5 Å². The molecule has 0 fully saturated rings. The number of esters is 1. The van der Waals surface area contributed by atoms with Crippen molar-refractivity contribution in [1.29, 1.82) is 0 Å². The molecule has 0 amide bonds. The predicted molar refractivity (Wildman–Crippen MR) is 211 cm³/mol. The van der Waals surface area contributed by atoms with E-state index in [0.29, 0.717) is 25.2 Å². The molecular weight excluding hydrogens is 663 g/mol. The summed E-state index contributed by atoms with van der Waals surface area (Å²) in [6.45, 7) is 1.83. The number of anilines is 3. The van der Waals surface area contributed by atoms with E-state index in [1.54, 1.807) is 19.2 Å². The molecule has 0 N–H and O–H groups in total. The summed E-state index contributed by atoms with van der Waals surface area (Å²) in [7, 11) is 1.65. The summed E-state index contributed by atoms with van der Waals surface area (Å²) in [6, 6.07) is 53.2. The van der Waals surface area contributed by atoms with E-state index in [1.165, 1.54) is 6.92 Å². The lowest BCUT2D eigenvalue weighted by atomic mass is 9.95. The van der Waals surface area contributed by atoms with Crippen LogP contribution in [0.2, 0.25) is 0 Å². The lowest BCUT2D eigenvalue weighted by molar-refractivity contribution is -0.141. The van der Waals surface area contributed by atoms with Gasteiger partial charge in [-0.05, 0) is 113 Å². The molecular formula is C46H41NO6. The second-order valence-electron chi connectivity index (χ2n) is 12.2. The minimum absolute atomic E-state index is 0.174. The van der Waals surface area contributed by atoms with Crippen LogP contribution in [0.3, 0.4) is 0 Å². The molecule has 6 aromatic carbocycles. The maximum Gasteiger partial charge on any atom is 0.513 e. The van der Waals surface area contributed by atoms with Crippen molar-refractivity contribution in [2.24, 2.45) is 0 Å². The van der Waals surface area contributed by atoms with E-state index in [0.717, 1.165) is 56.2 Å². The van der Waals surface area contributed by atoms with Gasteiger partial charge in [-0.2, -0.15) is 0 Å². The lowest BCUT2D eigenvalue weighted by Gasteiger charge is -2.25. The highest BCUT2D eigenvalue weighted by Crippen LogP contribution is 2.36. The third-order valence-electron chi connectivity index (χ3n) is 8.54. The van der Waals surface area contributed by atoms with Gasteiger partial charge in [0.1, 0.15) is 11.5 Å². The van der Waals surface area contributed by atoms with E-state index < -0.39 is 6.16 Å². The average molecular weight is 704 g/mol. The van der Waals surface area contributed by atoms with E-state index >= 15 is 0 Å². The number of carbonyl (C=O) groups is 2. The van der Waals surface area contributed by atoms with Gasteiger partial charge in [-0.3, -0.25) is 4.79 Å². The molecule has 0 aliphatic heterocycles. The summed E-state index contributed by atoms with van der Waals surface area (Å²) in [5.74, 6) is 0.816. The first kappa shape index (κ1) is 36.2. The Morgan fingerprint density at radius 3 is 1.53 bits per heavy atom. The molecule has 0 aliphatic carbocycles. The SMILES string of the molecule is COc1ccc(C(=Cc2ccc(-c3ccc(N(c4ccccc4)c4ccccc4)cc3)cc2)c2ccc(OC(=O)OCCCCOC(C)=O)cc2)cc1. The van der Waals surface area contributed by atoms with Crippen LogP contribution in [0.5, 0.6) is 11.5 Å². The van der Waals surface area contributed by atoms with Gasteiger partial charge in [0.25, 0.3) is 0 Å². The van der Waals surface area contributed by atoms with Gasteiger partial charge < -0.3 is 23.8 Å². The van der Waals surface area contributed by atoms with Gasteiger partial charge in [-0.25, -0.2) is 4.79 Å². The van der Waals surface area contributed by atoms with Crippen molar-refractivity contribution in [3.05, 3.63) is 174 Å². The van der Waals surface area contributed by atoms with Crippen molar-refractivity contribution in [1.82, 2.24) is 0 Å². The van der Waals surface area contributed by atoms with Crippen LogP contribution in [0.4, 0.5) is 21.9 Å². The fourth-order valence-corrected chi connectivity index (χ4v) is 5.85. The van der Waals surface area contributed by atoms with Crippen molar-refractivity contribution in [3.63, 3.8) is 0 Å². The molecule has 0 aliphatic rings. The summed E-state index contributed by atoms with van der Waals surface area (Å²) in [5.41, 5.74) is 9.50. The van der Waals surface area contributed by atoms with E-state index in [2.05, 4.69) is 108 Å². The fraction of sp³-hybridized carbons (Fsp3) is 0.130. The molecule has 0 aromatic heterocycles. The summed E-state index contributed by atoms with van der Waals surface area (Å²) in [6.07, 6.45) is 2.52. The zero-order chi connectivity index (χ0) is 36.8. The highest BCUT2D eigenvalue weighted by Gasteiger charge is 2.13. The predicted octanol–water partition coefficient (Wildman–Crippen LogP) is 11.3. The Morgan fingerprint density at radius 1 is 0.547 bits per heavy atom. The number of hydrogen-bond acceptors (Lipinski definition) is 7. The van der Waals surface area contributed by atoms with Gasteiger partial charge in [0.05, 0.1) is 20.3 Å². The molecule has 0 radical (unpaired) electrons. The Balaban J connectivity index is 1.18. The number of methoxy groups -OCH3 is 1. The van der Waals surface area contributed by atoms with E-state index in [9.17, 15) is 9.59 Å². The summed E-state index contributed by atoms with van der Waals surface area (Å²) >= 11 is 0. The number of rotatable bonds is 14. The third kappa shape index (κ3) is 10.0. The average Bonchev–Trinajstić information content (AvgIpc) is 3.20. The number of carbonyl (C=O) groups excluding carboxylic acids is 2. The molecule has 0 heterocycles. The largest absolute Gasteiger partial charge is 0.513 e. The monoisotopic (exact) mass is 703 g/mol. The maximum absolute atomic E-state index is 12.2. The highest BCUT2D eigenvalue weighted by atomic mass is 16.7. The van der Waals surface area contributed by atoms with Gasteiger partial charge >= 0.3 is 12.1 Å². The number of nitrogens with zero attached hydrogens (tertiary/aromatic N) is 1. The molecule has 6 aromatic rings. The number of benzene rings is 6. The van der Waals surface area contributed by atoms with Gasteiger partial charge in [0, 0.05) is 24.0 Å². The maximum atomic E-state index is 12.2. The quantitative estimate of drug-likeness (QED) is 0.0484. The molecule has 0 unspecified atom stereocenters.